The Kier molecular flexibility index (Phi) is 4.33. The maximum Gasteiger partial charge on any atom is 0.354 e. The van der Waals surface area contributed by atoms with E-state index in [9.17, 15) is 9.59 Å². The van der Waals surface area contributed by atoms with Crippen LogP contribution in [0.15, 0.2) is 42.6 Å². The van der Waals surface area contributed by atoms with Gasteiger partial charge in [0.1, 0.15) is 5.69 Å². The van der Waals surface area contributed by atoms with Gasteiger partial charge in [-0.2, -0.15) is 0 Å². The molecule has 2 aromatic rings. The fourth-order valence-electron chi connectivity index (χ4n) is 1.81. The van der Waals surface area contributed by atoms with E-state index >= 15 is 0 Å². The van der Waals surface area contributed by atoms with Gasteiger partial charge >= 0.3 is 5.97 Å². The first-order valence-corrected chi connectivity index (χ1v) is 6.58. The third-order valence-electron chi connectivity index (χ3n) is 3.08. The number of carboxylic acids is 1. The highest BCUT2D eigenvalue weighted by Gasteiger charge is 2.09. The summed E-state index contributed by atoms with van der Waals surface area (Å²) in [4.78, 5) is 26.4. The van der Waals surface area contributed by atoms with E-state index in [2.05, 4.69) is 24.1 Å². The number of carboxylic acid groups (broad SMARTS) is 1. The van der Waals surface area contributed by atoms with Gasteiger partial charge in [0.2, 0.25) is 0 Å². The first-order chi connectivity index (χ1) is 9.97. The maximum atomic E-state index is 12.0. The van der Waals surface area contributed by atoms with E-state index < -0.39 is 5.97 Å². The molecule has 0 aliphatic heterocycles. The molecule has 0 fully saturated rings. The Morgan fingerprint density at radius 2 is 1.76 bits per heavy atom. The predicted octanol–water partition coefficient (Wildman–Crippen LogP) is 3.16. The van der Waals surface area contributed by atoms with Gasteiger partial charge in [0, 0.05) is 11.9 Å². The number of aromatic carboxylic acids is 1. The molecular formula is C16H16N2O3. The predicted molar refractivity (Wildman–Crippen MR) is 79.7 cm³/mol. The van der Waals surface area contributed by atoms with Gasteiger partial charge in [0.05, 0.1) is 5.56 Å². The van der Waals surface area contributed by atoms with Crippen LogP contribution >= 0.6 is 0 Å². The van der Waals surface area contributed by atoms with E-state index in [1.165, 1.54) is 23.9 Å². The molecule has 1 aromatic heterocycles. The Morgan fingerprint density at radius 1 is 1.10 bits per heavy atom. The minimum Gasteiger partial charge on any atom is -0.477 e. The van der Waals surface area contributed by atoms with Crippen LogP contribution < -0.4 is 5.32 Å². The van der Waals surface area contributed by atoms with Gasteiger partial charge in [0.15, 0.2) is 0 Å². The van der Waals surface area contributed by atoms with Crippen molar-refractivity contribution in [2.24, 2.45) is 0 Å². The Morgan fingerprint density at radius 3 is 2.24 bits per heavy atom. The number of rotatable bonds is 4. The standard InChI is InChI=1S/C16H16N2O3/c1-10(2)11-3-6-13(7-4-11)18-15(19)12-5-8-14(16(20)21)17-9-12/h3-10H,1-2H3,(H,18,19)(H,20,21). The van der Waals surface area contributed by atoms with Crippen LogP contribution in [0, 0.1) is 0 Å². The van der Waals surface area contributed by atoms with Crippen molar-refractivity contribution in [1.82, 2.24) is 4.98 Å². The van der Waals surface area contributed by atoms with Crippen LogP contribution in [-0.4, -0.2) is 22.0 Å². The number of aromatic nitrogens is 1. The number of nitrogens with zero attached hydrogens (tertiary/aromatic N) is 1. The van der Waals surface area contributed by atoms with Gasteiger partial charge in [-0.05, 0) is 35.7 Å². The van der Waals surface area contributed by atoms with Crippen molar-refractivity contribution >= 4 is 17.6 Å². The number of anilines is 1. The van der Waals surface area contributed by atoms with Gasteiger partial charge in [-0.1, -0.05) is 26.0 Å². The monoisotopic (exact) mass is 284 g/mol. The molecule has 0 aliphatic rings. The number of carbonyl (C=O) groups excluding carboxylic acids is 1. The van der Waals surface area contributed by atoms with Crippen molar-refractivity contribution in [2.45, 2.75) is 19.8 Å². The van der Waals surface area contributed by atoms with Gasteiger partial charge < -0.3 is 10.4 Å². The lowest BCUT2D eigenvalue weighted by Crippen LogP contribution is -2.13. The Labute approximate surface area is 122 Å². The van der Waals surface area contributed by atoms with Crippen LogP contribution in [0.1, 0.15) is 46.2 Å². The molecule has 2 N–H and O–H groups in total. The third-order valence-corrected chi connectivity index (χ3v) is 3.08. The molecule has 21 heavy (non-hydrogen) atoms. The molecule has 5 heteroatoms. The summed E-state index contributed by atoms with van der Waals surface area (Å²) < 4.78 is 0. The van der Waals surface area contributed by atoms with Gasteiger partial charge in [0.25, 0.3) is 5.91 Å². The quantitative estimate of drug-likeness (QED) is 0.903. The summed E-state index contributed by atoms with van der Waals surface area (Å²) in [6.07, 6.45) is 1.25. The minimum atomic E-state index is -1.12. The van der Waals surface area contributed by atoms with Crippen molar-refractivity contribution in [3.05, 3.63) is 59.4 Å². The second kappa shape index (κ2) is 6.17. The highest BCUT2D eigenvalue weighted by atomic mass is 16.4. The summed E-state index contributed by atoms with van der Waals surface area (Å²) >= 11 is 0. The fraction of sp³-hybridized carbons (Fsp3) is 0.188. The third kappa shape index (κ3) is 3.66. The molecule has 1 aromatic carbocycles. The van der Waals surface area contributed by atoms with Crippen molar-refractivity contribution in [3.8, 4) is 0 Å². The molecular weight excluding hydrogens is 268 g/mol. The van der Waals surface area contributed by atoms with Crippen LogP contribution in [0.3, 0.4) is 0 Å². The molecule has 0 unspecified atom stereocenters. The number of carbonyl (C=O) groups is 2. The number of benzene rings is 1. The van der Waals surface area contributed by atoms with Crippen LogP contribution in [0.2, 0.25) is 0 Å². The zero-order valence-electron chi connectivity index (χ0n) is 11.8. The van der Waals surface area contributed by atoms with E-state index in [1.54, 1.807) is 0 Å². The van der Waals surface area contributed by atoms with Crippen LogP contribution in [-0.2, 0) is 0 Å². The van der Waals surface area contributed by atoms with E-state index in [-0.39, 0.29) is 11.6 Å². The Bertz CT molecular complexity index is 646. The van der Waals surface area contributed by atoms with Crippen molar-refractivity contribution in [1.29, 1.82) is 0 Å². The largest absolute Gasteiger partial charge is 0.477 e. The van der Waals surface area contributed by atoms with Crippen LogP contribution in [0.25, 0.3) is 0 Å². The molecule has 0 aliphatic carbocycles. The molecule has 0 saturated heterocycles. The first-order valence-electron chi connectivity index (χ1n) is 6.58. The van der Waals surface area contributed by atoms with Crippen molar-refractivity contribution < 1.29 is 14.7 Å². The van der Waals surface area contributed by atoms with Crippen LogP contribution in [0.5, 0.6) is 0 Å². The average Bonchev–Trinajstić information content (AvgIpc) is 2.47. The molecule has 1 heterocycles. The number of hydrogen-bond acceptors (Lipinski definition) is 3. The summed E-state index contributed by atoms with van der Waals surface area (Å²) in [7, 11) is 0. The topological polar surface area (TPSA) is 79.3 Å². The molecule has 0 bridgehead atoms. The second-order valence-electron chi connectivity index (χ2n) is 4.97. The van der Waals surface area contributed by atoms with Crippen LogP contribution in [0.4, 0.5) is 5.69 Å². The van der Waals surface area contributed by atoms with E-state index in [0.717, 1.165) is 0 Å². The molecule has 1 amide bonds. The summed E-state index contributed by atoms with van der Waals surface area (Å²) in [5, 5.41) is 11.5. The normalized spacial score (nSPS) is 10.4. The Hall–Kier alpha value is -2.69. The van der Waals surface area contributed by atoms with E-state index in [1.807, 2.05) is 24.3 Å². The number of nitrogens with one attached hydrogen (secondary N) is 1. The molecule has 0 atom stereocenters. The lowest BCUT2D eigenvalue weighted by molar-refractivity contribution is 0.0690. The molecule has 108 valence electrons. The van der Waals surface area contributed by atoms with E-state index in [4.69, 9.17) is 5.11 Å². The minimum absolute atomic E-state index is 0.0900. The smallest absolute Gasteiger partial charge is 0.354 e. The lowest BCUT2D eigenvalue weighted by atomic mass is 10.0. The number of hydrogen-bond donors (Lipinski definition) is 2. The zero-order valence-corrected chi connectivity index (χ0v) is 11.8. The second-order valence-corrected chi connectivity index (χ2v) is 4.97. The summed E-state index contributed by atoms with van der Waals surface area (Å²) in [5.74, 6) is -1.01. The number of pyridine rings is 1. The highest BCUT2D eigenvalue weighted by molar-refractivity contribution is 6.04. The zero-order chi connectivity index (χ0) is 15.4. The summed E-state index contributed by atoms with van der Waals surface area (Å²) in [5.41, 5.74) is 2.10. The fourth-order valence-corrected chi connectivity index (χ4v) is 1.81. The first kappa shape index (κ1) is 14.7. The maximum absolute atomic E-state index is 12.0. The van der Waals surface area contributed by atoms with E-state index in [0.29, 0.717) is 17.2 Å². The SMILES string of the molecule is CC(C)c1ccc(NC(=O)c2ccc(C(=O)O)nc2)cc1. The average molecular weight is 284 g/mol. The van der Waals surface area contributed by atoms with Gasteiger partial charge in [-0.25, -0.2) is 9.78 Å². The summed E-state index contributed by atoms with van der Waals surface area (Å²) in [6, 6.07) is 10.4. The molecule has 0 saturated carbocycles. The van der Waals surface area contributed by atoms with Crippen molar-refractivity contribution in [2.75, 3.05) is 5.32 Å². The summed E-state index contributed by atoms with van der Waals surface area (Å²) in [6.45, 7) is 4.20. The molecule has 0 radical (unpaired) electrons. The number of amides is 1. The van der Waals surface area contributed by atoms with Gasteiger partial charge in [-0.3, -0.25) is 4.79 Å². The molecule has 5 nitrogen and oxygen atoms in total. The Balaban J connectivity index is 2.08. The lowest BCUT2D eigenvalue weighted by Gasteiger charge is -2.08. The van der Waals surface area contributed by atoms with Crippen molar-refractivity contribution in [3.63, 3.8) is 0 Å². The van der Waals surface area contributed by atoms with Gasteiger partial charge in [-0.15, -0.1) is 0 Å². The highest BCUT2D eigenvalue weighted by Crippen LogP contribution is 2.17. The molecule has 0 spiro atoms. The molecule has 2 rings (SSSR count).